The number of esters is 1. The van der Waals surface area contributed by atoms with Gasteiger partial charge in [-0.25, -0.2) is 4.79 Å². The Morgan fingerprint density at radius 2 is 2.20 bits per heavy atom. The third-order valence-electron chi connectivity index (χ3n) is 3.33. The molecule has 2 unspecified atom stereocenters. The molecule has 106 valence electrons. The van der Waals surface area contributed by atoms with Gasteiger partial charge >= 0.3 is 11.9 Å². The van der Waals surface area contributed by atoms with Crippen molar-refractivity contribution in [3.63, 3.8) is 0 Å². The van der Waals surface area contributed by atoms with Gasteiger partial charge in [-0.3, -0.25) is 14.9 Å². The molecule has 0 bridgehead atoms. The molecule has 1 amide bonds. The van der Waals surface area contributed by atoms with E-state index in [0.29, 0.717) is 11.3 Å². The van der Waals surface area contributed by atoms with Crippen molar-refractivity contribution in [3.8, 4) is 0 Å². The lowest BCUT2D eigenvalue weighted by molar-refractivity contribution is -0.512. The Hall–Kier alpha value is -2.44. The molecule has 1 aromatic rings. The van der Waals surface area contributed by atoms with E-state index < -0.39 is 22.8 Å². The van der Waals surface area contributed by atoms with Crippen LogP contribution in [-0.4, -0.2) is 36.5 Å². The summed E-state index contributed by atoms with van der Waals surface area (Å²) >= 11 is 0. The normalized spacial score (nSPS) is 21.9. The van der Waals surface area contributed by atoms with E-state index >= 15 is 0 Å². The average Bonchev–Trinajstić information content (AvgIpc) is 2.73. The van der Waals surface area contributed by atoms with E-state index in [1.807, 2.05) is 0 Å². The number of benzene rings is 1. The van der Waals surface area contributed by atoms with Crippen LogP contribution in [0.2, 0.25) is 0 Å². The predicted octanol–water partition coefficient (Wildman–Crippen LogP) is 1.10. The van der Waals surface area contributed by atoms with Gasteiger partial charge in [0.2, 0.25) is 0 Å². The zero-order valence-electron chi connectivity index (χ0n) is 11.1. The minimum absolute atomic E-state index is 0.259. The number of hydrogen-bond acceptors (Lipinski definition) is 5. The van der Waals surface area contributed by atoms with Gasteiger partial charge in [-0.2, -0.15) is 0 Å². The summed E-state index contributed by atoms with van der Waals surface area (Å²) in [7, 11) is 1.26. The van der Waals surface area contributed by atoms with Gasteiger partial charge in [0.25, 0.3) is 6.04 Å². The number of nitro groups is 1. The van der Waals surface area contributed by atoms with Crippen LogP contribution < -0.4 is 4.90 Å². The van der Waals surface area contributed by atoms with Crippen LogP contribution in [0.1, 0.15) is 17.3 Å². The van der Waals surface area contributed by atoms with Crippen LogP contribution in [0.3, 0.4) is 0 Å². The molecule has 1 aliphatic rings. The summed E-state index contributed by atoms with van der Waals surface area (Å²) in [4.78, 5) is 35.2. The summed E-state index contributed by atoms with van der Waals surface area (Å²) in [6, 6.07) is 5.08. The minimum atomic E-state index is -1.23. The topological polar surface area (TPSA) is 89.8 Å². The number of hydrogen-bond donors (Lipinski definition) is 0. The largest absolute Gasteiger partial charge is 0.465 e. The molecule has 1 heterocycles. The van der Waals surface area contributed by atoms with Crippen LogP contribution in [0.4, 0.5) is 5.69 Å². The molecule has 20 heavy (non-hydrogen) atoms. The van der Waals surface area contributed by atoms with Crippen molar-refractivity contribution in [1.82, 2.24) is 0 Å². The quantitative estimate of drug-likeness (QED) is 0.469. The smallest absolute Gasteiger partial charge is 0.337 e. The van der Waals surface area contributed by atoms with E-state index in [9.17, 15) is 19.7 Å². The fourth-order valence-electron chi connectivity index (χ4n) is 2.33. The van der Waals surface area contributed by atoms with Gasteiger partial charge in [0.05, 0.1) is 18.6 Å². The Morgan fingerprint density at radius 1 is 1.50 bits per heavy atom. The van der Waals surface area contributed by atoms with Crippen LogP contribution in [0.5, 0.6) is 0 Å². The van der Waals surface area contributed by atoms with Gasteiger partial charge in [-0.1, -0.05) is 13.0 Å². The average molecular weight is 278 g/mol. The molecule has 7 nitrogen and oxygen atoms in total. The maximum Gasteiger partial charge on any atom is 0.337 e. The Labute approximate surface area is 115 Å². The van der Waals surface area contributed by atoms with Gasteiger partial charge in [-0.05, 0) is 18.2 Å². The minimum Gasteiger partial charge on any atom is -0.465 e. The van der Waals surface area contributed by atoms with Crippen LogP contribution >= 0.6 is 0 Å². The molecule has 1 aliphatic heterocycles. The summed E-state index contributed by atoms with van der Waals surface area (Å²) in [6.07, 6.45) is 0. The second-order valence-electron chi connectivity index (χ2n) is 4.70. The van der Waals surface area contributed by atoms with E-state index in [0.717, 1.165) is 0 Å². The fraction of sp³-hybridized carbons (Fsp3) is 0.385. The zero-order valence-corrected chi connectivity index (χ0v) is 11.1. The maximum atomic E-state index is 12.1. The van der Waals surface area contributed by atoms with Crippen molar-refractivity contribution in [3.05, 3.63) is 39.9 Å². The predicted molar refractivity (Wildman–Crippen MR) is 70.1 cm³/mol. The zero-order chi connectivity index (χ0) is 14.9. The van der Waals surface area contributed by atoms with Gasteiger partial charge in [0.1, 0.15) is 0 Å². The molecule has 1 fully saturated rings. The summed E-state index contributed by atoms with van der Waals surface area (Å²) in [5.41, 5.74) is 0.768. The highest BCUT2D eigenvalue weighted by Gasteiger charge is 2.47. The maximum absolute atomic E-state index is 12.1. The number of nitrogens with zero attached hydrogens (tertiary/aromatic N) is 2. The Bertz CT molecular complexity index is 572. The van der Waals surface area contributed by atoms with E-state index in [1.165, 1.54) is 18.1 Å². The third kappa shape index (κ3) is 2.34. The standard InChI is InChI=1S/C13H14N2O5/c1-8-7-14(12(16)11(8)15(18)19)10-5-3-4-9(6-10)13(17)20-2/h3-6,8,11H,7H2,1-2H3. The van der Waals surface area contributed by atoms with Crippen molar-refractivity contribution < 1.29 is 19.2 Å². The Balaban J connectivity index is 2.31. The van der Waals surface area contributed by atoms with Crippen molar-refractivity contribution in [2.45, 2.75) is 13.0 Å². The van der Waals surface area contributed by atoms with Crippen molar-refractivity contribution in [2.75, 3.05) is 18.6 Å². The van der Waals surface area contributed by atoms with Gasteiger partial charge in [-0.15, -0.1) is 0 Å². The molecular weight excluding hydrogens is 264 g/mol. The van der Waals surface area contributed by atoms with Gasteiger partial charge in [0, 0.05) is 17.2 Å². The number of ether oxygens (including phenoxy) is 1. The second kappa shape index (κ2) is 5.28. The lowest BCUT2D eigenvalue weighted by Crippen LogP contribution is -2.34. The van der Waals surface area contributed by atoms with E-state index in [2.05, 4.69) is 4.74 Å². The summed E-state index contributed by atoms with van der Waals surface area (Å²) in [5, 5.41) is 10.9. The van der Waals surface area contributed by atoms with E-state index in [-0.39, 0.29) is 12.5 Å². The lowest BCUT2D eigenvalue weighted by Gasteiger charge is -2.15. The molecule has 0 radical (unpaired) electrons. The highest BCUT2D eigenvalue weighted by molar-refractivity contribution is 6.00. The molecule has 0 spiro atoms. The van der Waals surface area contributed by atoms with Crippen LogP contribution in [0.15, 0.2) is 24.3 Å². The molecule has 0 N–H and O–H groups in total. The number of anilines is 1. The first kappa shape index (κ1) is 14.0. The Kier molecular flexibility index (Phi) is 3.69. The van der Waals surface area contributed by atoms with E-state index in [1.54, 1.807) is 25.1 Å². The second-order valence-corrected chi connectivity index (χ2v) is 4.70. The molecule has 0 saturated carbocycles. The van der Waals surface area contributed by atoms with Crippen LogP contribution in [0.25, 0.3) is 0 Å². The highest BCUT2D eigenvalue weighted by Crippen LogP contribution is 2.27. The number of rotatable bonds is 3. The molecular formula is C13H14N2O5. The molecule has 2 rings (SSSR count). The molecule has 0 aromatic heterocycles. The molecule has 1 aromatic carbocycles. The van der Waals surface area contributed by atoms with Crippen LogP contribution in [-0.2, 0) is 9.53 Å². The van der Waals surface area contributed by atoms with Crippen molar-refractivity contribution in [1.29, 1.82) is 0 Å². The first-order valence-corrected chi connectivity index (χ1v) is 6.09. The first-order chi connectivity index (χ1) is 9.45. The molecule has 1 saturated heterocycles. The van der Waals surface area contributed by atoms with Crippen molar-refractivity contribution in [2.24, 2.45) is 5.92 Å². The highest BCUT2D eigenvalue weighted by atomic mass is 16.6. The number of carbonyl (C=O) groups is 2. The summed E-state index contributed by atoms with van der Waals surface area (Å²) in [5.74, 6) is -1.44. The summed E-state index contributed by atoms with van der Waals surface area (Å²) < 4.78 is 4.61. The molecule has 2 atom stereocenters. The lowest BCUT2D eigenvalue weighted by atomic mass is 10.1. The third-order valence-corrected chi connectivity index (χ3v) is 3.33. The van der Waals surface area contributed by atoms with Gasteiger partial charge < -0.3 is 9.64 Å². The van der Waals surface area contributed by atoms with Crippen LogP contribution in [0, 0.1) is 16.0 Å². The van der Waals surface area contributed by atoms with Gasteiger partial charge in [0.15, 0.2) is 0 Å². The molecule has 0 aliphatic carbocycles. The Morgan fingerprint density at radius 3 is 2.75 bits per heavy atom. The number of methoxy groups -OCH3 is 1. The van der Waals surface area contributed by atoms with Crippen molar-refractivity contribution >= 4 is 17.6 Å². The fourth-order valence-corrected chi connectivity index (χ4v) is 2.33. The first-order valence-electron chi connectivity index (χ1n) is 6.09. The number of carbonyl (C=O) groups excluding carboxylic acids is 2. The molecule has 7 heteroatoms. The van der Waals surface area contributed by atoms with E-state index in [4.69, 9.17) is 0 Å². The SMILES string of the molecule is COC(=O)c1cccc(N2CC(C)C([N+](=O)[O-])C2=O)c1. The summed E-state index contributed by atoms with van der Waals surface area (Å²) in [6.45, 7) is 1.92. The number of amides is 1. The monoisotopic (exact) mass is 278 g/mol.